The van der Waals surface area contributed by atoms with Crippen molar-refractivity contribution in [2.45, 2.75) is 45.6 Å². The molecule has 17 heavy (non-hydrogen) atoms. The summed E-state index contributed by atoms with van der Waals surface area (Å²) in [5, 5.41) is 12.6. The van der Waals surface area contributed by atoms with Crippen LogP contribution in [-0.2, 0) is 0 Å². The summed E-state index contributed by atoms with van der Waals surface area (Å²) in [7, 11) is 0. The van der Waals surface area contributed by atoms with E-state index in [-0.39, 0.29) is 0 Å². The number of aromatic nitrogens is 1. The van der Waals surface area contributed by atoms with Crippen LogP contribution in [0.1, 0.15) is 43.7 Å². The zero-order valence-corrected chi connectivity index (χ0v) is 10.5. The molecule has 2 rings (SSSR count). The van der Waals surface area contributed by atoms with E-state index in [0.29, 0.717) is 11.6 Å². The summed E-state index contributed by atoms with van der Waals surface area (Å²) in [6, 6.07) is 4.52. The second-order valence-electron chi connectivity index (χ2n) is 4.94. The summed E-state index contributed by atoms with van der Waals surface area (Å²) in [6.45, 7) is 4.15. The lowest BCUT2D eigenvalue weighted by molar-refractivity contribution is 0.481. The molecule has 1 heterocycles. The van der Waals surface area contributed by atoms with Gasteiger partial charge in [0, 0.05) is 12.2 Å². The standard InChI is InChI=1S/C14H19N3/c1-10-7-8-16-14(13(10)9-15)17-11(2)12-5-3-4-6-12/h7-8,11-12H,3-6H2,1-2H3,(H,16,17). The summed E-state index contributed by atoms with van der Waals surface area (Å²) < 4.78 is 0. The van der Waals surface area contributed by atoms with Gasteiger partial charge in [-0.2, -0.15) is 5.26 Å². The first-order valence-corrected chi connectivity index (χ1v) is 6.34. The molecule has 1 aliphatic rings. The van der Waals surface area contributed by atoms with Crippen LogP contribution in [0.2, 0.25) is 0 Å². The van der Waals surface area contributed by atoms with E-state index in [9.17, 15) is 0 Å². The highest BCUT2D eigenvalue weighted by Gasteiger charge is 2.22. The molecule has 0 bridgehead atoms. The summed E-state index contributed by atoms with van der Waals surface area (Å²) in [4.78, 5) is 4.29. The van der Waals surface area contributed by atoms with E-state index in [1.807, 2.05) is 13.0 Å². The number of hydrogen-bond acceptors (Lipinski definition) is 3. The zero-order chi connectivity index (χ0) is 12.3. The maximum Gasteiger partial charge on any atom is 0.144 e. The zero-order valence-electron chi connectivity index (χ0n) is 10.5. The molecule has 1 atom stereocenters. The molecule has 1 aliphatic carbocycles. The molecule has 1 aromatic rings. The maximum absolute atomic E-state index is 9.15. The van der Waals surface area contributed by atoms with Crippen molar-refractivity contribution in [1.29, 1.82) is 5.26 Å². The van der Waals surface area contributed by atoms with Crippen LogP contribution in [0.3, 0.4) is 0 Å². The van der Waals surface area contributed by atoms with E-state index in [4.69, 9.17) is 5.26 Å². The Hall–Kier alpha value is -1.56. The third-order valence-electron chi connectivity index (χ3n) is 3.74. The summed E-state index contributed by atoms with van der Waals surface area (Å²) >= 11 is 0. The molecule has 1 saturated carbocycles. The highest BCUT2D eigenvalue weighted by molar-refractivity contribution is 5.55. The first-order chi connectivity index (χ1) is 8.22. The smallest absolute Gasteiger partial charge is 0.144 e. The van der Waals surface area contributed by atoms with E-state index in [1.165, 1.54) is 25.7 Å². The molecule has 3 nitrogen and oxygen atoms in total. The molecule has 1 fully saturated rings. The SMILES string of the molecule is Cc1ccnc(NC(C)C2CCCC2)c1C#N. The van der Waals surface area contributed by atoms with E-state index >= 15 is 0 Å². The first-order valence-electron chi connectivity index (χ1n) is 6.34. The van der Waals surface area contributed by atoms with Crippen molar-refractivity contribution in [2.24, 2.45) is 5.92 Å². The lowest BCUT2D eigenvalue weighted by atomic mass is 9.99. The van der Waals surface area contributed by atoms with E-state index in [0.717, 1.165) is 17.3 Å². The van der Waals surface area contributed by atoms with Gasteiger partial charge < -0.3 is 5.32 Å². The molecule has 0 aliphatic heterocycles. The van der Waals surface area contributed by atoms with Crippen molar-refractivity contribution in [3.63, 3.8) is 0 Å². The van der Waals surface area contributed by atoms with Gasteiger partial charge in [-0.15, -0.1) is 0 Å². The third kappa shape index (κ3) is 2.58. The lowest BCUT2D eigenvalue weighted by Crippen LogP contribution is -2.25. The van der Waals surface area contributed by atoms with Gasteiger partial charge in [0.15, 0.2) is 0 Å². The van der Waals surface area contributed by atoms with Crippen molar-refractivity contribution >= 4 is 5.82 Å². The molecule has 1 N–H and O–H groups in total. The number of hydrogen-bond donors (Lipinski definition) is 1. The quantitative estimate of drug-likeness (QED) is 0.865. The Morgan fingerprint density at radius 3 is 2.82 bits per heavy atom. The van der Waals surface area contributed by atoms with Gasteiger partial charge in [-0.3, -0.25) is 0 Å². The maximum atomic E-state index is 9.15. The minimum absolute atomic E-state index is 0.402. The van der Waals surface area contributed by atoms with Crippen LogP contribution in [0.5, 0.6) is 0 Å². The fourth-order valence-corrected chi connectivity index (χ4v) is 2.60. The van der Waals surface area contributed by atoms with Crippen molar-refractivity contribution in [3.05, 3.63) is 23.4 Å². The van der Waals surface area contributed by atoms with Gasteiger partial charge in [-0.05, 0) is 44.2 Å². The van der Waals surface area contributed by atoms with Gasteiger partial charge in [0.25, 0.3) is 0 Å². The summed E-state index contributed by atoms with van der Waals surface area (Å²) in [6.07, 6.45) is 7.02. The largest absolute Gasteiger partial charge is 0.366 e. The van der Waals surface area contributed by atoms with Crippen molar-refractivity contribution in [3.8, 4) is 6.07 Å². The predicted molar refractivity (Wildman–Crippen MR) is 68.7 cm³/mol. The van der Waals surface area contributed by atoms with Crippen LogP contribution in [-0.4, -0.2) is 11.0 Å². The molecule has 0 saturated heterocycles. The van der Waals surface area contributed by atoms with Crippen LogP contribution < -0.4 is 5.32 Å². The second kappa shape index (κ2) is 5.18. The number of nitriles is 1. The van der Waals surface area contributed by atoms with Gasteiger partial charge >= 0.3 is 0 Å². The number of anilines is 1. The van der Waals surface area contributed by atoms with Gasteiger partial charge in [0.1, 0.15) is 11.9 Å². The molecule has 0 aromatic carbocycles. The number of pyridine rings is 1. The van der Waals surface area contributed by atoms with Crippen LogP contribution in [0, 0.1) is 24.2 Å². The lowest BCUT2D eigenvalue weighted by Gasteiger charge is -2.21. The molecule has 1 aromatic heterocycles. The van der Waals surface area contributed by atoms with Gasteiger partial charge in [0.05, 0.1) is 5.56 Å². The molecule has 3 heteroatoms. The van der Waals surface area contributed by atoms with Crippen LogP contribution in [0.4, 0.5) is 5.82 Å². The highest BCUT2D eigenvalue weighted by Crippen LogP contribution is 2.29. The minimum atomic E-state index is 0.402. The van der Waals surface area contributed by atoms with E-state index in [1.54, 1.807) is 6.20 Å². The van der Waals surface area contributed by atoms with Crippen LogP contribution in [0.15, 0.2) is 12.3 Å². The van der Waals surface area contributed by atoms with Crippen molar-refractivity contribution in [1.82, 2.24) is 4.98 Å². The second-order valence-corrected chi connectivity index (χ2v) is 4.94. The fraction of sp³-hybridized carbons (Fsp3) is 0.571. The van der Waals surface area contributed by atoms with Gasteiger partial charge in [-0.25, -0.2) is 4.98 Å². The molecule has 0 radical (unpaired) electrons. The Morgan fingerprint density at radius 2 is 2.18 bits per heavy atom. The number of rotatable bonds is 3. The first kappa shape index (κ1) is 11.9. The molecule has 1 unspecified atom stereocenters. The average molecular weight is 229 g/mol. The molecular formula is C14H19N3. The molecule has 90 valence electrons. The monoisotopic (exact) mass is 229 g/mol. The summed E-state index contributed by atoms with van der Waals surface area (Å²) in [5.74, 6) is 1.47. The van der Waals surface area contributed by atoms with Crippen LogP contribution >= 0.6 is 0 Å². The fourth-order valence-electron chi connectivity index (χ4n) is 2.60. The van der Waals surface area contributed by atoms with Gasteiger partial charge in [0.2, 0.25) is 0 Å². The highest BCUT2D eigenvalue weighted by atomic mass is 15.0. The van der Waals surface area contributed by atoms with Crippen molar-refractivity contribution < 1.29 is 0 Å². The molecular weight excluding hydrogens is 210 g/mol. The van der Waals surface area contributed by atoms with Crippen LogP contribution in [0.25, 0.3) is 0 Å². The Bertz CT molecular complexity index is 428. The topological polar surface area (TPSA) is 48.7 Å². The summed E-state index contributed by atoms with van der Waals surface area (Å²) in [5.41, 5.74) is 1.67. The third-order valence-corrected chi connectivity index (χ3v) is 3.74. The normalized spacial score (nSPS) is 17.7. The molecule has 0 amide bonds. The van der Waals surface area contributed by atoms with E-state index < -0.39 is 0 Å². The Balaban J connectivity index is 2.13. The van der Waals surface area contributed by atoms with Crippen molar-refractivity contribution in [2.75, 3.05) is 5.32 Å². The van der Waals surface area contributed by atoms with Gasteiger partial charge in [-0.1, -0.05) is 12.8 Å². The Kier molecular flexibility index (Phi) is 3.63. The average Bonchev–Trinajstić information content (AvgIpc) is 2.82. The van der Waals surface area contributed by atoms with E-state index in [2.05, 4.69) is 23.3 Å². The number of nitrogens with zero attached hydrogens (tertiary/aromatic N) is 2. The minimum Gasteiger partial charge on any atom is -0.366 e. The Morgan fingerprint density at radius 1 is 1.47 bits per heavy atom. The molecule has 0 spiro atoms. The number of nitrogens with one attached hydrogen (secondary N) is 1. The Labute approximate surface area is 103 Å². The number of aryl methyl sites for hydroxylation is 1. The predicted octanol–water partition coefficient (Wildman–Crippen LogP) is 3.25.